The highest BCUT2D eigenvalue weighted by atomic mass is 32.2. The lowest BCUT2D eigenvalue weighted by Crippen LogP contribution is -2.26. The van der Waals surface area contributed by atoms with Crippen molar-refractivity contribution in [3.63, 3.8) is 0 Å². The minimum Gasteiger partial charge on any atom is -0.435 e. The van der Waals surface area contributed by atoms with Gasteiger partial charge in [0.05, 0.1) is 12.4 Å². The minimum absolute atomic E-state index is 0.188. The summed E-state index contributed by atoms with van der Waals surface area (Å²) in [6.07, 6.45) is 2.57. The molecule has 4 heteroatoms. The Morgan fingerprint density at radius 1 is 1.04 bits per heavy atom. The van der Waals surface area contributed by atoms with Crippen LogP contribution in [0.2, 0.25) is 0 Å². The summed E-state index contributed by atoms with van der Waals surface area (Å²) in [5.74, 6) is 0.936. The van der Waals surface area contributed by atoms with E-state index in [0.29, 0.717) is 12.4 Å². The molecule has 3 aromatic rings. The number of benzene rings is 3. The molecular formula is C22H22O3S. The van der Waals surface area contributed by atoms with E-state index in [1.165, 1.54) is 27.1 Å². The standard InChI is InChI=1S/C22H22O3S/c23-21(25-22-11-5-6-12-24-22)15-26-14-20-18-9-3-1-7-16(18)13-17-8-2-4-10-19(17)20/h1-4,7-10,13,22H,5-6,11-12,14-15H2. The Hall–Kier alpha value is -2.04. The van der Waals surface area contributed by atoms with Crippen LogP contribution in [-0.2, 0) is 20.0 Å². The highest BCUT2D eigenvalue weighted by Crippen LogP contribution is 2.31. The van der Waals surface area contributed by atoms with E-state index in [0.717, 1.165) is 25.0 Å². The van der Waals surface area contributed by atoms with Gasteiger partial charge in [-0.15, -0.1) is 11.8 Å². The van der Waals surface area contributed by atoms with Gasteiger partial charge in [0.25, 0.3) is 0 Å². The van der Waals surface area contributed by atoms with Gasteiger partial charge in [-0.25, -0.2) is 0 Å². The highest BCUT2D eigenvalue weighted by molar-refractivity contribution is 7.99. The van der Waals surface area contributed by atoms with Crippen molar-refractivity contribution in [3.05, 3.63) is 60.2 Å². The molecule has 0 radical (unpaired) electrons. The van der Waals surface area contributed by atoms with Crippen molar-refractivity contribution in [2.45, 2.75) is 31.3 Å². The van der Waals surface area contributed by atoms with Crippen LogP contribution in [0.3, 0.4) is 0 Å². The first-order valence-electron chi connectivity index (χ1n) is 9.09. The van der Waals surface area contributed by atoms with Crippen LogP contribution in [0.25, 0.3) is 21.5 Å². The van der Waals surface area contributed by atoms with E-state index in [-0.39, 0.29) is 12.3 Å². The van der Waals surface area contributed by atoms with Gasteiger partial charge in [0.2, 0.25) is 6.29 Å². The second-order valence-electron chi connectivity index (χ2n) is 6.58. The summed E-state index contributed by atoms with van der Waals surface area (Å²) >= 11 is 1.60. The fourth-order valence-corrected chi connectivity index (χ4v) is 4.34. The molecule has 0 aliphatic carbocycles. The summed E-state index contributed by atoms with van der Waals surface area (Å²) < 4.78 is 10.9. The van der Waals surface area contributed by atoms with E-state index in [4.69, 9.17) is 9.47 Å². The van der Waals surface area contributed by atoms with Gasteiger partial charge >= 0.3 is 5.97 Å². The third-order valence-corrected chi connectivity index (χ3v) is 5.68. The molecule has 0 aromatic heterocycles. The fraction of sp³-hybridized carbons (Fsp3) is 0.318. The van der Waals surface area contributed by atoms with Crippen LogP contribution in [0.15, 0.2) is 54.6 Å². The predicted octanol–water partition coefficient (Wildman–Crippen LogP) is 5.30. The Labute approximate surface area is 157 Å². The number of hydrogen-bond acceptors (Lipinski definition) is 4. The van der Waals surface area contributed by atoms with Crippen LogP contribution in [-0.4, -0.2) is 24.6 Å². The molecule has 1 fully saturated rings. The van der Waals surface area contributed by atoms with Crippen LogP contribution < -0.4 is 0 Å². The molecule has 0 saturated carbocycles. The van der Waals surface area contributed by atoms with Gasteiger partial charge in [0.1, 0.15) is 0 Å². The Morgan fingerprint density at radius 2 is 1.73 bits per heavy atom. The molecule has 1 unspecified atom stereocenters. The summed E-state index contributed by atoms with van der Waals surface area (Å²) in [5.41, 5.74) is 1.28. The van der Waals surface area contributed by atoms with Crippen molar-refractivity contribution in [3.8, 4) is 0 Å². The predicted molar refractivity (Wildman–Crippen MR) is 107 cm³/mol. The molecule has 134 valence electrons. The van der Waals surface area contributed by atoms with Gasteiger partial charge in [-0.3, -0.25) is 4.79 Å². The fourth-order valence-electron chi connectivity index (χ4n) is 3.48. The number of thioether (sulfide) groups is 1. The summed E-state index contributed by atoms with van der Waals surface area (Å²) in [4.78, 5) is 12.1. The summed E-state index contributed by atoms with van der Waals surface area (Å²) in [6, 6.07) is 19.1. The number of esters is 1. The van der Waals surface area contributed by atoms with Crippen molar-refractivity contribution >= 4 is 39.3 Å². The third-order valence-electron chi connectivity index (χ3n) is 4.75. The first kappa shape index (κ1) is 17.4. The minimum atomic E-state index is -0.352. The van der Waals surface area contributed by atoms with Gasteiger partial charge < -0.3 is 9.47 Å². The quantitative estimate of drug-likeness (QED) is 0.454. The third kappa shape index (κ3) is 3.87. The summed E-state index contributed by atoms with van der Waals surface area (Å²) in [5, 5.41) is 4.98. The largest absolute Gasteiger partial charge is 0.435 e. The first-order chi connectivity index (χ1) is 12.8. The number of ether oxygens (including phenoxy) is 2. The van der Waals surface area contributed by atoms with E-state index in [1.54, 1.807) is 11.8 Å². The molecule has 4 rings (SSSR count). The van der Waals surface area contributed by atoms with Crippen molar-refractivity contribution < 1.29 is 14.3 Å². The lowest BCUT2D eigenvalue weighted by molar-refractivity contribution is -0.183. The Bertz CT molecular complexity index is 862. The molecule has 1 heterocycles. The van der Waals surface area contributed by atoms with Gasteiger partial charge in [0, 0.05) is 12.2 Å². The van der Waals surface area contributed by atoms with E-state index < -0.39 is 0 Å². The zero-order valence-corrected chi connectivity index (χ0v) is 15.5. The molecular weight excluding hydrogens is 344 g/mol. The average Bonchev–Trinajstić information content (AvgIpc) is 2.68. The highest BCUT2D eigenvalue weighted by Gasteiger charge is 2.18. The Kier molecular flexibility index (Phi) is 5.42. The van der Waals surface area contributed by atoms with Crippen molar-refractivity contribution in [1.29, 1.82) is 0 Å². The lowest BCUT2D eigenvalue weighted by atomic mass is 9.98. The number of carbonyl (C=O) groups is 1. The number of carbonyl (C=O) groups excluding carboxylic acids is 1. The molecule has 1 aliphatic heterocycles. The maximum absolute atomic E-state index is 12.1. The summed E-state index contributed by atoms with van der Waals surface area (Å²) in [6.45, 7) is 0.688. The summed E-state index contributed by atoms with van der Waals surface area (Å²) in [7, 11) is 0. The Balaban J connectivity index is 1.48. The van der Waals surface area contributed by atoms with Crippen molar-refractivity contribution in [2.75, 3.05) is 12.4 Å². The van der Waals surface area contributed by atoms with E-state index in [2.05, 4.69) is 54.6 Å². The van der Waals surface area contributed by atoms with Crippen LogP contribution >= 0.6 is 11.8 Å². The van der Waals surface area contributed by atoms with Crippen LogP contribution in [0, 0.1) is 0 Å². The molecule has 0 amide bonds. The molecule has 1 saturated heterocycles. The molecule has 3 nitrogen and oxygen atoms in total. The molecule has 3 aromatic carbocycles. The maximum Gasteiger partial charge on any atom is 0.318 e. The zero-order chi connectivity index (χ0) is 17.8. The van der Waals surface area contributed by atoms with Crippen LogP contribution in [0.5, 0.6) is 0 Å². The van der Waals surface area contributed by atoms with E-state index >= 15 is 0 Å². The monoisotopic (exact) mass is 366 g/mol. The number of fused-ring (bicyclic) bond motifs is 2. The molecule has 1 atom stereocenters. The molecule has 0 bridgehead atoms. The molecule has 0 spiro atoms. The second-order valence-corrected chi connectivity index (χ2v) is 7.56. The van der Waals surface area contributed by atoms with E-state index in [9.17, 15) is 4.79 Å². The first-order valence-corrected chi connectivity index (χ1v) is 10.2. The smallest absolute Gasteiger partial charge is 0.318 e. The van der Waals surface area contributed by atoms with E-state index in [1.807, 2.05) is 0 Å². The Morgan fingerprint density at radius 3 is 2.38 bits per heavy atom. The molecule has 0 N–H and O–H groups in total. The molecule has 26 heavy (non-hydrogen) atoms. The van der Waals surface area contributed by atoms with Gasteiger partial charge in [-0.05, 0) is 46.0 Å². The average molecular weight is 366 g/mol. The van der Waals surface area contributed by atoms with Gasteiger partial charge in [-0.2, -0.15) is 0 Å². The number of rotatable bonds is 5. The lowest BCUT2D eigenvalue weighted by Gasteiger charge is -2.22. The normalized spacial score (nSPS) is 17.5. The zero-order valence-electron chi connectivity index (χ0n) is 14.6. The van der Waals surface area contributed by atoms with Crippen molar-refractivity contribution in [1.82, 2.24) is 0 Å². The molecule has 1 aliphatic rings. The van der Waals surface area contributed by atoms with Crippen LogP contribution in [0.4, 0.5) is 0 Å². The SMILES string of the molecule is O=C(CSCc1c2ccccc2cc2ccccc12)OC1CCCCO1. The number of hydrogen-bond donors (Lipinski definition) is 0. The van der Waals surface area contributed by atoms with Crippen molar-refractivity contribution in [2.24, 2.45) is 0 Å². The second kappa shape index (κ2) is 8.11. The van der Waals surface area contributed by atoms with Crippen LogP contribution in [0.1, 0.15) is 24.8 Å². The topological polar surface area (TPSA) is 35.5 Å². The van der Waals surface area contributed by atoms with Gasteiger partial charge in [-0.1, -0.05) is 48.5 Å². The van der Waals surface area contributed by atoms with Gasteiger partial charge in [0.15, 0.2) is 0 Å². The maximum atomic E-state index is 12.1.